The molecule has 2 aromatic rings. The van der Waals surface area contributed by atoms with Gasteiger partial charge in [-0.15, -0.1) is 11.3 Å². The first-order valence-electron chi connectivity index (χ1n) is 7.77. The van der Waals surface area contributed by atoms with Crippen molar-refractivity contribution < 1.29 is 13.2 Å². The summed E-state index contributed by atoms with van der Waals surface area (Å²) in [5, 5.41) is 4.65. The van der Waals surface area contributed by atoms with E-state index in [0.717, 1.165) is 5.56 Å². The zero-order valence-electron chi connectivity index (χ0n) is 14.3. The maximum absolute atomic E-state index is 12.8. The fourth-order valence-corrected chi connectivity index (χ4v) is 4.98. The Bertz CT molecular complexity index is 837. The Morgan fingerprint density at radius 1 is 1.12 bits per heavy atom. The largest absolute Gasteiger partial charge is 0.321 e. The van der Waals surface area contributed by atoms with E-state index >= 15 is 0 Å². The summed E-state index contributed by atoms with van der Waals surface area (Å²) in [6.07, 6.45) is 0. The van der Waals surface area contributed by atoms with Gasteiger partial charge in [0.05, 0.1) is 9.77 Å². The number of rotatable bonds is 6. The molecule has 1 N–H and O–H groups in total. The third-order valence-electron chi connectivity index (χ3n) is 3.84. The number of benzene rings is 1. The minimum absolute atomic E-state index is 0.224. The number of hydrogen-bond donors (Lipinski definition) is 1. The van der Waals surface area contributed by atoms with Crippen molar-refractivity contribution in [2.75, 3.05) is 18.4 Å². The number of amides is 1. The molecule has 130 valence electrons. The average Bonchev–Trinajstić information content (AvgIpc) is 2.96. The van der Waals surface area contributed by atoms with Crippen LogP contribution in [0, 0.1) is 13.8 Å². The van der Waals surface area contributed by atoms with E-state index in [9.17, 15) is 13.2 Å². The minimum Gasteiger partial charge on any atom is -0.321 e. The quantitative estimate of drug-likeness (QED) is 0.849. The number of anilines is 1. The first-order chi connectivity index (χ1) is 11.3. The number of thiophene rings is 1. The molecule has 0 atom stereocenters. The lowest BCUT2D eigenvalue weighted by molar-refractivity contribution is 0.103. The molecule has 0 saturated carbocycles. The van der Waals surface area contributed by atoms with Gasteiger partial charge in [-0.2, -0.15) is 4.31 Å². The van der Waals surface area contributed by atoms with Gasteiger partial charge in [-0.05, 0) is 48.6 Å². The van der Waals surface area contributed by atoms with Gasteiger partial charge in [0.1, 0.15) is 0 Å². The maximum atomic E-state index is 12.8. The van der Waals surface area contributed by atoms with Crippen LogP contribution >= 0.6 is 11.3 Å². The smallest absolute Gasteiger partial charge is 0.265 e. The highest BCUT2D eigenvalue weighted by molar-refractivity contribution is 7.89. The molecule has 2 rings (SSSR count). The van der Waals surface area contributed by atoms with Crippen molar-refractivity contribution in [3.63, 3.8) is 0 Å². The first-order valence-corrected chi connectivity index (χ1v) is 10.1. The zero-order valence-corrected chi connectivity index (χ0v) is 15.9. The molecule has 0 spiro atoms. The molecule has 0 aliphatic heterocycles. The Balaban J connectivity index is 2.36. The van der Waals surface area contributed by atoms with Crippen molar-refractivity contribution >= 4 is 33.0 Å². The third kappa shape index (κ3) is 3.68. The fourth-order valence-electron chi connectivity index (χ4n) is 2.45. The summed E-state index contributed by atoms with van der Waals surface area (Å²) in [5.41, 5.74) is 2.04. The number of carbonyl (C=O) groups excluding carboxylic acids is 1. The van der Waals surface area contributed by atoms with E-state index in [-0.39, 0.29) is 10.8 Å². The van der Waals surface area contributed by atoms with Crippen LogP contribution < -0.4 is 5.32 Å². The van der Waals surface area contributed by atoms with Gasteiger partial charge in [-0.3, -0.25) is 4.79 Å². The Morgan fingerprint density at radius 2 is 1.79 bits per heavy atom. The van der Waals surface area contributed by atoms with E-state index in [1.54, 1.807) is 19.1 Å². The predicted octanol–water partition coefficient (Wildman–Crippen LogP) is 3.65. The molecule has 7 heteroatoms. The highest BCUT2D eigenvalue weighted by Crippen LogP contribution is 2.25. The van der Waals surface area contributed by atoms with E-state index in [0.29, 0.717) is 29.2 Å². The molecule has 1 aromatic heterocycles. The highest BCUT2D eigenvalue weighted by Gasteiger charge is 2.24. The van der Waals surface area contributed by atoms with Crippen molar-refractivity contribution in [2.24, 2.45) is 0 Å². The maximum Gasteiger partial charge on any atom is 0.265 e. The van der Waals surface area contributed by atoms with Gasteiger partial charge in [0.25, 0.3) is 5.91 Å². The van der Waals surface area contributed by atoms with Crippen molar-refractivity contribution in [3.8, 4) is 0 Å². The highest BCUT2D eigenvalue weighted by atomic mass is 32.2. The van der Waals surface area contributed by atoms with Crippen molar-refractivity contribution in [1.82, 2.24) is 4.31 Å². The number of carbonyl (C=O) groups is 1. The lowest BCUT2D eigenvalue weighted by Crippen LogP contribution is -2.31. The van der Waals surface area contributed by atoms with Crippen LogP contribution in [0.4, 0.5) is 5.69 Å². The third-order valence-corrected chi connectivity index (χ3v) is 7.04. The average molecular weight is 367 g/mol. The van der Waals surface area contributed by atoms with E-state index in [1.165, 1.54) is 21.7 Å². The Kier molecular flexibility index (Phi) is 5.79. The van der Waals surface area contributed by atoms with E-state index in [2.05, 4.69) is 5.32 Å². The van der Waals surface area contributed by atoms with E-state index < -0.39 is 10.0 Å². The van der Waals surface area contributed by atoms with Crippen molar-refractivity contribution in [3.05, 3.63) is 45.6 Å². The van der Waals surface area contributed by atoms with E-state index in [1.807, 2.05) is 32.2 Å². The lowest BCUT2D eigenvalue weighted by Gasteiger charge is -2.20. The molecule has 1 amide bonds. The Hall–Kier alpha value is -1.70. The van der Waals surface area contributed by atoms with Crippen LogP contribution in [0.15, 0.2) is 34.5 Å². The minimum atomic E-state index is -3.57. The molecular weight excluding hydrogens is 344 g/mol. The molecular formula is C17H22N2O3S2. The number of hydrogen-bond acceptors (Lipinski definition) is 4. The molecule has 1 aromatic carbocycles. The summed E-state index contributed by atoms with van der Waals surface area (Å²) in [6, 6.07) is 6.85. The van der Waals surface area contributed by atoms with Crippen molar-refractivity contribution in [1.29, 1.82) is 0 Å². The number of aryl methyl sites for hydroxylation is 2. The first kappa shape index (κ1) is 18.6. The predicted molar refractivity (Wildman–Crippen MR) is 98.3 cm³/mol. The molecule has 5 nitrogen and oxygen atoms in total. The summed E-state index contributed by atoms with van der Waals surface area (Å²) >= 11 is 1.36. The molecule has 24 heavy (non-hydrogen) atoms. The standard InChI is InChI=1S/C17H22N2O3S2/c1-5-19(6-2)24(21,22)15-11-14(8-7-12(15)3)18-17(20)16-13(4)9-10-23-16/h7-11H,5-6H2,1-4H3,(H,18,20). The summed E-state index contributed by atoms with van der Waals surface area (Å²) in [6.45, 7) is 8.05. The van der Waals surface area contributed by atoms with Gasteiger partial charge >= 0.3 is 0 Å². The Morgan fingerprint density at radius 3 is 2.33 bits per heavy atom. The van der Waals surface area contributed by atoms with Crippen LogP contribution in [0.2, 0.25) is 0 Å². The Labute approximate surface area is 147 Å². The molecule has 0 fully saturated rings. The SMILES string of the molecule is CCN(CC)S(=O)(=O)c1cc(NC(=O)c2sccc2C)ccc1C. The van der Waals surface area contributed by atoms with Crippen LogP contribution in [-0.2, 0) is 10.0 Å². The monoisotopic (exact) mass is 366 g/mol. The topological polar surface area (TPSA) is 66.5 Å². The van der Waals surface area contributed by atoms with Crippen LogP contribution in [-0.4, -0.2) is 31.7 Å². The van der Waals surface area contributed by atoms with Crippen LogP contribution in [0.3, 0.4) is 0 Å². The second-order valence-corrected chi connectivity index (χ2v) is 8.28. The molecule has 0 unspecified atom stereocenters. The molecule has 0 aliphatic carbocycles. The van der Waals surface area contributed by atoms with Gasteiger partial charge in [0.2, 0.25) is 10.0 Å². The van der Waals surface area contributed by atoms with Crippen LogP contribution in [0.1, 0.15) is 34.6 Å². The van der Waals surface area contributed by atoms with Crippen molar-refractivity contribution in [2.45, 2.75) is 32.6 Å². The molecule has 1 heterocycles. The summed E-state index contributed by atoms with van der Waals surface area (Å²) in [4.78, 5) is 13.2. The molecule has 0 radical (unpaired) electrons. The molecule has 0 saturated heterocycles. The summed E-state index contributed by atoms with van der Waals surface area (Å²) < 4.78 is 26.9. The summed E-state index contributed by atoms with van der Waals surface area (Å²) in [5.74, 6) is -0.224. The zero-order chi connectivity index (χ0) is 17.9. The molecule has 0 aliphatic rings. The molecule has 0 bridgehead atoms. The van der Waals surface area contributed by atoms with Gasteiger partial charge < -0.3 is 5.32 Å². The second-order valence-electron chi connectivity index (χ2n) is 5.46. The van der Waals surface area contributed by atoms with Gasteiger partial charge in [-0.1, -0.05) is 19.9 Å². The summed E-state index contributed by atoms with van der Waals surface area (Å²) in [7, 11) is -3.57. The number of nitrogens with one attached hydrogen (secondary N) is 1. The normalized spacial score (nSPS) is 11.7. The second kappa shape index (κ2) is 7.46. The van der Waals surface area contributed by atoms with Gasteiger partial charge in [-0.25, -0.2) is 8.42 Å². The van der Waals surface area contributed by atoms with Gasteiger partial charge in [0.15, 0.2) is 0 Å². The fraction of sp³-hybridized carbons (Fsp3) is 0.353. The van der Waals surface area contributed by atoms with Crippen LogP contribution in [0.25, 0.3) is 0 Å². The van der Waals surface area contributed by atoms with E-state index in [4.69, 9.17) is 0 Å². The number of sulfonamides is 1. The number of nitrogens with zero attached hydrogens (tertiary/aromatic N) is 1. The van der Waals surface area contributed by atoms with Crippen LogP contribution in [0.5, 0.6) is 0 Å². The van der Waals surface area contributed by atoms with Gasteiger partial charge in [0, 0.05) is 18.8 Å². The lowest BCUT2D eigenvalue weighted by atomic mass is 10.2.